The third-order valence-electron chi connectivity index (χ3n) is 6.10. The number of hydrogen-bond donors (Lipinski definition) is 4. The van der Waals surface area contributed by atoms with Crippen LogP contribution in [0.1, 0.15) is 12.8 Å². The van der Waals surface area contributed by atoms with Crippen molar-refractivity contribution in [3.8, 4) is 11.5 Å². The van der Waals surface area contributed by atoms with Crippen LogP contribution in [0.15, 0.2) is 41.1 Å². The van der Waals surface area contributed by atoms with E-state index < -0.39 is 41.1 Å². The van der Waals surface area contributed by atoms with Crippen molar-refractivity contribution in [3.05, 3.63) is 47.7 Å². The maximum absolute atomic E-state index is 13.6. The number of piperidine rings is 1. The van der Waals surface area contributed by atoms with Crippen LogP contribution in [0.3, 0.4) is 0 Å². The minimum atomic E-state index is -1.53. The lowest BCUT2D eigenvalue weighted by atomic mass is 9.98. The number of carboxylic acid groups (broad SMARTS) is 2. The number of aliphatic imine (C=N–C) groups is 1. The second-order valence-electron chi connectivity index (χ2n) is 8.63. The SMILES string of the molecule is COc1cc(F)c(F)cc1OCC1CCN(CCNN2C(C(=CC(=O)O)C(=O)O)=NC=CC2C(N)=O)CC1. The summed E-state index contributed by atoms with van der Waals surface area (Å²) in [6, 6.07) is 0.826. The molecule has 2 aliphatic heterocycles. The lowest BCUT2D eigenvalue weighted by Gasteiger charge is -2.35. The first kappa shape index (κ1) is 28.5. The van der Waals surface area contributed by atoms with E-state index in [1.807, 2.05) is 0 Å². The second kappa shape index (κ2) is 13.0. The first-order chi connectivity index (χ1) is 18.1. The van der Waals surface area contributed by atoms with E-state index in [1.165, 1.54) is 19.4 Å². The maximum atomic E-state index is 13.6. The molecule has 1 fully saturated rings. The van der Waals surface area contributed by atoms with Crippen molar-refractivity contribution in [2.75, 3.05) is 39.9 Å². The number of nitrogens with zero attached hydrogens (tertiary/aromatic N) is 3. The highest BCUT2D eigenvalue weighted by Crippen LogP contribution is 2.30. The molecule has 206 valence electrons. The smallest absolute Gasteiger partial charge is 0.339 e. The van der Waals surface area contributed by atoms with Crippen molar-refractivity contribution in [2.45, 2.75) is 18.9 Å². The molecule has 1 unspecified atom stereocenters. The molecule has 2 aliphatic rings. The van der Waals surface area contributed by atoms with Gasteiger partial charge < -0.3 is 30.3 Å². The predicted molar refractivity (Wildman–Crippen MR) is 130 cm³/mol. The normalized spacial score (nSPS) is 18.7. The number of primary amides is 1. The summed E-state index contributed by atoms with van der Waals surface area (Å²) in [5.74, 6) is -5.65. The zero-order valence-corrected chi connectivity index (χ0v) is 20.6. The Morgan fingerprint density at radius 1 is 1.18 bits per heavy atom. The fraction of sp³-hybridized carbons (Fsp3) is 0.417. The molecule has 1 aromatic carbocycles. The number of nitrogens with two attached hydrogens (primary N) is 1. The molecule has 14 heteroatoms. The molecule has 1 amide bonds. The lowest BCUT2D eigenvalue weighted by Crippen LogP contribution is -2.57. The molecule has 5 N–H and O–H groups in total. The molecular formula is C24H29F2N5O7. The third-order valence-corrected chi connectivity index (χ3v) is 6.10. The van der Waals surface area contributed by atoms with Gasteiger partial charge in [0.05, 0.1) is 13.7 Å². The number of hydrazine groups is 1. The summed E-state index contributed by atoms with van der Waals surface area (Å²) < 4.78 is 37.7. The number of carbonyl (C=O) groups is 3. The number of benzene rings is 1. The van der Waals surface area contributed by atoms with E-state index in [2.05, 4.69) is 15.3 Å². The number of ether oxygens (including phenoxy) is 2. The van der Waals surface area contributed by atoms with E-state index >= 15 is 0 Å². The zero-order chi connectivity index (χ0) is 27.8. The minimum Gasteiger partial charge on any atom is -0.493 e. The van der Waals surface area contributed by atoms with Crippen molar-refractivity contribution < 1.29 is 42.9 Å². The van der Waals surface area contributed by atoms with Crippen LogP contribution in [0.25, 0.3) is 0 Å². The Hall–Kier alpha value is -4.04. The number of carboxylic acids is 2. The summed E-state index contributed by atoms with van der Waals surface area (Å²) >= 11 is 0. The Balaban J connectivity index is 1.53. The molecule has 1 saturated heterocycles. The highest BCUT2D eigenvalue weighted by atomic mass is 19.2. The average Bonchev–Trinajstić information content (AvgIpc) is 2.88. The van der Waals surface area contributed by atoms with Crippen LogP contribution in [-0.4, -0.2) is 89.7 Å². The van der Waals surface area contributed by atoms with E-state index in [0.717, 1.165) is 30.0 Å². The van der Waals surface area contributed by atoms with Gasteiger partial charge in [-0.2, -0.15) is 0 Å². The summed E-state index contributed by atoms with van der Waals surface area (Å²) in [5, 5.41) is 19.7. The number of carbonyl (C=O) groups excluding carboxylic acids is 1. The predicted octanol–water partition coefficient (Wildman–Crippen LogP) is 0.746. The third kappa shape index (κ3) is 7.26. The quantitative estimate of drug-likeness (QED) is 0.279. The van der Waals surface area contributed by atoms with Crippen LogP contribution < -0.4 is 20.6 Å². The number of hydrogen-bond acceptors (Lipinski definition) is 9. The Morgan fingerprint density at radius 2 is 1.84 bits per heavy atom. The van der Waals surface area contributed by atoms with Gasteiger partial charge in [-0.15, -0.1) is 0 Å². The Morgan fingerprint density at radius 3 is 2.42 bits per heavy atom. The number of methoxy groups -OCH3 is 1. The number of likely N-dealkylation sites (tertiary alicyclic amines) is 1. The number of aliphatic carboxylic acids is 2. The van der Waals surface area contributed by atoms with Gasteiger partial charge in [0.1, 0.15) is 11.6 Å². The molecule has 3 rings (SSSR count). The molecule has 1 atom stereocenters. The maximum Gasteiger partial charge on any atom is 0.339 e. The van der Waals surface area contributed by atoms with Crippen LogP contribution in [0.5, 0.6) is 11.5 Å². The monoisotopic (exact) mass is 537 g/mol. The van der Waals surface area contributed by atoms with Gasteiger partial charge in [-0.25, -0.2) is 28.8 Å². The van der Waals surface area contributed by atoms with Crippen LogP contribution in [-0.2, 0) is 14.4 Å². The van der Waals surface area contributed by atoms with E-state index in [9.17, 15) is 28.3 Å². The van der Waals surface area contributed by atoms with Crippen molar-refractivity contribution in [1.29, 1.82) is 0 Å². The standard InChI is InChI=1S/C24H29F2N5O7/c1-37-19-11-16(25)17(26)12-20(19)38-13-14-3-7-30(8-4-14)9-6-29-31-18(22(27)34)2-5-28-23(31)15(24(35)36)10-21(32)33/h2,5,10-12,14,18,29H,3-4,6-9,13H2,1H3,(H2,27,34)(H,32,33)(H,35,36). The molecule has 0 spiro atoms. The van der Waals surface area contributed by atoms with Gasteiger partial charge in [0, 0.05) is 37.5 Å². The molecule has 38 heavy (non-hydrogen) atoms. The zero-order valence-electron chi connectivity index (χ0n) is 20.6. The van der Waals surface area contributed by atoms with Crippen molar-refractivity contribution in [1.82, 2.24) is 15.3 Å². The fourth-order valence-corrected chi connectivity index (χ4v) is 4.11. The summed E-state index contributed by atoms with van der Waals surface area (Å²) in [5.41, 5.74) is 7.79. The molecule has 1 aromatic rings. The van der Waals surface area contributed by atoms with Crippen LogP contribution in [0.2, 0.25) is 0 Å². The van der Waals surface area contributed by atoms with Gasteiger partial charge in [-0.1, -0.05) is 0 Å². The van der Waals surface area contributed by atoms with Gasteiger partial charge in [-0.3, -0.25) is 9.80 Å². The molecule has 2 heterocycles. The van der Waals surface area contributed by atoms with Crippen molar-refractivity contribution in [3.63, 3.8) is 0 Å². The summed E-state index contributed by atoms with van der Waals surface area (Å²) in [6.07, 6.45) is 4.62. The molecule has 0 aromatic heterocycles. The van der Waals surface area contributed by atoms with E-state index in [4.69, 9.17) is 20.3 Å². The van der Waals surface area contributed by atoms with Gasteiger partial charge in [-0.05, 0) is 37.9 Å². The molecule has 12 nitrogen and oxygen atoms in total. The largest absolute Gasteiger partial charge is 0.493 e. The molecule has 0 bridgehead atoms. The number of halogens is 2. The summed E-state index contributed by atoms with van der Waals surface area (Å²) in [4.78, 5) is 40.8. The van der Waals surface area contributed by atoms with Gasteiger partial charge >= 0.3 is 11.9 Å². The Kier molecular flexibility index (Phi) is 9.73. The second-order valence-corrected chi connectivity index (χ2v) is 8.63. The summed E-state index contributed by atoms with van der Waals surface area (Å²) in [6.45, 7) is 2.54. The fourth-order valence-electron chi connectivity index (χ4n) is 4.11. The highest BCUT2D eigenvalue weighted by molar-refractivity contribution is 6.21. The molecule has 0 radical (unpaired) electrons. The Labute approximate surface area is 217 Å². The average molecular weight is 538 g/mol. The molecule has 0 aliphatic carbocycles. The number of rotatable bonds is 12. The highest BCUT2D eigenvalue weighted by Gasteiger charge is 2.32. The first-order valence-corrected chi connectivity index (χ1v) is 11.7. The van der Waals surface area contributed by atoms with Crippen molar-refractivity contribution in [2.24, 2.45) is 16.6 Å². The Bertz CT molecular complexity index is 1150. The van der Waals surface area contributed by atoms with E-state index in [0.29, 0.717) is 32.3 Å². The van der Waals surface area contributed by atoms with E-state index in [-0.39, 0.29) is 29.8 Å². The minimum absolute atomic E-state index is 0.112. The summed E-state index contributed by atoms with van der Waals surface area (Å²) in [7, 11) is 1.34. The van der Waals surface area contributed by atoms with Gasteiger partial charge in [0.15, 0.2) is 29.0 Å². The van der Waals surface area contributed by atoms with Crippen LogP contribution in [0.4, 0.5) is 8.78 Å². The van der Waals surface area contributed by atoms with Crippen LogP contribution >= 0.6 is 0 Å². The van der Waals surface area contributed by atoms with Crippen LogP contribution in [0, 0.1) is 17.6 Å². The van der Waals surface area contributed by atoms with Crippen molar-refractivity contribution >= 4 is 23.7 Å². The molecular weight excluding hydrogens is 508 g/mol. The number of nitrogens with one attached hydrogen (secondary N) is 1. The molecule has 0 saturated carbocycles. The van der Waals surface area contributed by atoms with Gasteiger partial charge in [0.25, 0.3) is 0 Å². The number of amides is 1. The van der Waals surface area contributed by atoms with Gasteiger partial charge in [0.2, 0.25) is 5.91 Å². The lowest BCUT2D eigenvalue weighted by molar-refractivity contribution is -0.134. The number of amidine groups is 1. The first-order valence-electron chi connectivity index (χ1n) is 11.7. The topological polar surface area (TPSA) is 167 Å². The van der Waals surface area contributed by atoms with E-state index in [1.54, 1.807) is 0 Å².